The van der Waals surface area contributed by atoms with Gasteiger partial charge in [0.25, 0.3) is 0 Å². The summed E-state index contributed by atoms with van der Waals surface area (Å²) in [5.41, 5.74) is 6.08. The van der Waals surface area contributed by atoms with Crippen LogP contribution in [0.4, 0.5) is 17.5 Å². The lowest BCUT2D eigenvalue weighted by Gasteiger charge is -2.07. The highest BCUT2D eigenvalue weighted by Crippen LogP contribution is 2.32. The quantitative estimate of drug-likeness (QED) is 0.637. The van der Waals surface area contributed by atoms with Crippen molar-refractivity contribution in [2.45, 2.75) is 6.54 Å². The minimum Gasteiger partial charge on any atom is -0.454 e. The van der Waals surface area contributed by atoms with Crippen molar-refractivity contribution in [3.63, 3.8) is 0 Å². The number of nitro groups is 1. The molecule has 3 N–H and O–H groups in total. The van der Waals surface area contributed by atoms with Crippen molar-refractivity contribution < 1.29 is 14.4 Å². The number of hydrogen-bond donors (Lipinski definition) is 2. The predicted octanol–water partition coefficient (Wildman–Crippen LogP) is 1.31. The van der Waals surface area contributed by atoms with Gasteiger partial charge in [0.2, 0.25) is 18.6 Å². The van der Waals surface area contributed by atoms with Gasteiger partial charge >= 0.3 is 5.69 Å². The first-order valence-corrected chi connectivity index (χ1v) is 6.03. The molecule has 108 valence electrons. The molecule has 0 unspecified atom stereocenters. The summed E-state index contributed by atoms with van der Waals surface area (Å²) in [5.74, 6) is 1.36. The third-order valence-corrected chi connectivity index (χ3v) is 2.88. The van der Waals surface area contributed by atoms with Gasteiger partial charge in [-0.25, -0.2) is 4.98 Å². The van der Waals surface area contributed by atoms with Gasteiger partial charge in [-0.2, -0.15) is 4.98 Å². The lowest BCUT2D eigenvalue weighted by atomic mass is 10.2. The van der Waals surface area contributed by atoms with Crippen LogP contribution in [-0.2, 0) is 6.54 Å². The van der Waals surface area contributed by atoms with Gasteiger partial charge in [-0.05, 0) is 17.7 Å². The zero-order chi connectivity index (χ0) is 14.8. The predicted molar refractivity (Wildman–Crippen MR) is 73.0 cm³/mol. The minimum absolute atomic E-state index is 0.0335. The Hall–Kier alpha value is -3.10. The highest BCUT2D eigenvalue weighted by Gasteiger charge is 2.17. The van der Waals surface area contributed by atoms with Gasteiger partial charge < -0.3 is 20.5 Å². The van der Waals surface area contributed by atoms with Crippen LogP contribution in [0.2, 0.25) is 0 Å². The molecule has 9 heteroatoms. The summed E-state index contributed by atoms with van der Waals surface area (Å²) in [6.45, 7) is 0.522. The van der Waals surface area contributed by atoms with Crippen molar-refractivity contribution in [3.8, 4) is 11.5 Å². The maximum absolute atomic E-state index is 10.9. The molecule has 0 aliphatic carbocycles. The Bertz CT molecular complexity index is 706. The van der Waals surface area contributed by atoms with Crippen molar-refractivity contribution in [1.29, 1.82) is 0 Å². The second-order valence-corrected chi connectivity index (χ2v) is 4.26. The van der Waals surface area contributed by atoms with E-state index in [0.717, 1.165) is 11.8 Å². The van der Waals surface area contributed by atoms with Gasteiger partial charge in [0, 0.05) is 6.54 Å². The number of nitrogen functional groups attached to an aromatic ring is 1. The lowest BCUT2D eigenvalue weighted by molar-refractivity contribution is -0.384. The van der Waals surface area contributed by atoms with Crippen LogP contribution in [0.3, 0.4) is 0 Å². The fourth-order valence-corrected chi connectivity index (χ4v) is 1.89. The van der Waals surface area contributed by atoms with Crippen LogP contribution in [0.25, 0.3) is 0 Å². The van der Waals surface area contributed by atoms with Gasteiger partial charge in [0.05, 0.1) is 4.92 Å². The topological polar surface area (TPSA) is 125 Å². The van der Waals surface area contributed by atoms with Crippen LogP contribution >= 0.6 is 0 Å². The first-order chi connectivity index (χ1) is 10.1. The summed E-state index contributed by atoms with van der Waals surface area (Å²) in [6, 6.07) is 5.41. The Balaban J connectivity index is 1.78. The summed E-state index contributed by atoms with van der Waals surface area (Å²) >= 11 is 0. The van der Waals surface area contributed by atoms with Gasteiger partial charge in [0.1, 0.15) is 6.20 Å². The van der Waals surface area contributed by atoms with Gasteiger partial charge in [-0.3, -0.25) is 10.1 Å². The molecule has 0 spiro atoms. The third-order valence-electron chi connectivity index (χ3n) is 2.88. The van der Waals surface area contributed by atoms with Crippen LogP contribution in [0.15, 0.2) is 24.4 Å². The van der Waals surface area contributed by atoms with Crippen LogP contribution in [0.5, 0.6) is 11.5 Å². The maximum Gasteiger partial charge on any atom is 0.329 e. The molecular weight excluding hydrogens is 278 g/mol. The monoisotopic (exact) mass is 289 g/mol. The SMILES string of the molecule is Nc1ncc([N+](=O)[O-])c(NCc2ccc3c(c2)OCO3)n1. The smallest absolute Gasteiger partial charge is 0.329 e. The van der Waals surface area contributed by atoms with E-state index >= 15 is 0 Å². The standard InChI is InChI=1S/C12H11N5O4/c13-12-15-5-8(17(18)19)11(16-12)14-4-7-1-2-9-10(3-7)21-6-20-9/h1-3,5H,4,6H2,(H3,13,14,15,16). The molecule has 0 bridgehead atoms. The molecule has 0 amide bonds. The average Bonchev–Trinajstić information content (AvgIpc) is 2.92. The molecule has 3 rings (SSSR count). The summed E-state index contributed by atoms with van der Waals surface area (Å²) in [7, 11) is 0. The molecule has 21 heavy (non-hydrogen) atoms. The number of rotatable bonds is 4. The van der Waals surface area contributed by atoms with Gasteiger partial charge in [0.15, 0.2) is 11.5 Å². The Morgan fingerprint density at radius 2 is 2.19 bits per heavy atom. The summed E-state index contributed by atoms with van der Waals surface area (Å²) in [5, 5.41) is 13.8. The normalized spacial score (nSPS) is 12.2. The Morgan fingerprint density at radius 1 is 1.38 bits per heavy atom. The maximum atomic E-state index is 10.9. The second kappa shape index (κ2) is 5.12. The molecule has 0 radical (unpaired) electrons. The van der Waals surface area contributed by atoms with Crippen molar-refractivity contribution in [2.75, 3.05) is 17.8 Å². The number of ether oxygens (including phenoxy) is 2. The van der Waals surface area contributed by atoms with E-state index in [4.69, 9.17) is 15.2 Å². The van der Waals surface area contributed by atoms with Crippen LogP contribution in [0, 0.1) is 10.1 Å². The molecule has 1 aliphatic rings. The van der Waals surface area contributed by atoms with E-state index in [-0.39, 0.29) is 24.2 Å². The number of benzene rings is 1. The number of nitrogens with zero attached hydrogens (tertiary/aromatic N) is 3. The first-order valence-electron chi connectivity index (χ1n) is 6.03. The number of hydrogen-bond acceptors (Lipinski definition) is 8. The van der Waals surface area contributed by atoms with E-state index in [1.165, 1.54) is 0 Å². The van der Waals surface area contributed by atoms with E-state index in [1.54, 1.807) is 12.1 Å². The number of aromatic nitrogens is 2. The van der Waals surface area contributed by atoms with Crippen LogP contribution in [-0.4, -0.2) is 21.7 Å². The molecule has 0 saturated heterocycles. The summed E-state index contributed by atoms with van der Waals surface area (Å²) in [6.07, 6.45) is 1.07. The number of fused-ring (bicyclic) bond motifs is 1. The minimum atomic E-state index is -0.568. The molecule has 2 aromatic rings. The Morgan fingerprint density at radius 3 is 3.00 bits per heavy atom. The molecule has 9 nitrogen and oxygen atoms in total. The molecule has 0 atom stereocenters. The molecule has 0 saturated carbocycles. The second-order valence-electron chi connectivity index (χ2n) is 4.26. The number of anilines is 2. The highest BCUT2D eigenvalue weighted by molar-refractivity contribution is 5.56. The van der Waals surface area contributed by atoms with E-state index in [0.29, 0.717) is 18.0 Å². The van der Waals surface area contributed by atoms with Crippen molar-refractivity contribution in [3.05, 3.63) is 40.1 Å². The Kier molecular flexibility index (Phi) is 3.14. The van der Waals surface area contributed by atoms with Crippen molar-refractivity contribution >= 4 is 17.5 Å². The van der Waals surface area contributed by atoms with Crippen LogP contribution < -0.4 is 20.5 Å². The van der Waals surface area contributed by atoms with E-state index < -0.39 is 4.92 Å². The fourth-order valence-electron chi connectivity index (χ4n) is 1.89. The summed E-state index contributed by atoms with van der Waals surface area (Å²) < 4.78 is 10.5. The van der Waals surface area contributed by atoms with E-state index in [1.807, 2.05) is 6.07 Å². The zero-order valence-electron chi connectivity index (χ0n) is 10.8. The van der Waals surface area contributed by atoms with Crippen molar-refractivity contribution in [2.24, 2.45) is 0 Å². The molecule has 2 heterocycles. The first kappa shape index (κ1) is 12.9. The highest BCUT2D eigenvalue weighted by atomic mass is 16.7. The summed E-state index contributed by atoms with van der Waals surface area (Å²) in [4.78, 5) is 17.8. The average molecular weight is 289 g/mol. The largest absolute Gasteiger partial charge is 0.454 e. The third kappa shape index (κ3) is 2.61. The Labute approximate surface area is 118 Å². The van der Waals surface area contributed by atoms with Crippen molar-refractivity contribution in [1.82, 2.24) is 9.97 Å². The fraction of sp³-hybridized carbons (Fsp3) is 0.167. The van der Waals surface area contributed by atoms with Gasteiger partial charge in [-0.1, -0.05) is 6.07 Å². The lowest BCUT2D eigenvalue weighted by Crippen LogP contribution is -2.07. The molecule has 1 aromatic heterocycles. The zero-order valence-corrected chi connectivity index (χ0v) is 10.8. The molecule has 1 aromatic carbocycles. The van der Waals surface area contributed by atoms with E-state index in [2.05, 4.69) is 15.3 Å². The van der Waals surface area contributed by atoms with E-state index in [9.17, 15) is 10.1 Å². The van der Waals surface area contributed by atoms with Crippen LogP contribution in [0.1, 0.15) is 5.56 Å². The number of nitrogens with one attached hydrogen (secondary N) is 1. The molecule has 1 aliphatic heterocycles. The molecular formula is C12H11N5O4. The number of nitrogens with two attached hydrogens (primary N) is 1. The van der Waals surface area contributed by atoms with Gasteiger partial charge in [-0.15, -0.1) is 0 Å². The molecule has 0 fully saturated rings.